The number of anilines is 2. The fraction of sp³-hybridized carbons (Fsp3) is 0.190. The lowest BCUT2D eigenvalue weighted by Gasteiger charge is -2.36. The summed E-state index contributed by atoms with van der Waals surface area (Å²) in [4.78, 5) is 16.7. The van der Waals surface area contributed by atoms with Crippen LogP contribution in [0.1, 0.15) is 0 Å². The quantitative estimate of drug-likeness (QED) is 0.783. The molecule has 132 valence electrons. The predicted octanol–water partition coefficient (Wildman–Crippen LogP) is 3.83. The standard InChI is InChI=1S/C21H22N4O/c26-21(22-18-8-10-20(11-9-18)23-12-4-5-13-23)25-16-14-24(15-17-25)19-6-2-1-3-7-19/h1-13H,14-17H2,(H,22,26). The minimum Gasteiger partial charge on any atom is -0.368 e. The third-order valence-corrected chi connectivity index (χ3v) is 4.71. The fourth-order valence-electron chi connectivity index (χ4n) is 3.23. The second-order valence-corrected chi connectivity index (χ2v) is 6.38. The highest BCUT2D eigenvalue weighted by Crippen LogP contribution is 2.17. The minimum atomic E-state index is -0.0357. The zero-order valence-corrected chi connectivity index (χ0v) is 14.6. The average Bonchev–Trinajstić information content (AvgIpc) is 3.24. The topological polar surface area (TPSA) is 40.5 Å². The van der Waals surface area contributed by atoms with Gasteiger partial charge in [-0.2, -0.15) is 0 Å². The molecule has 0 unspecified atom stereocenters. The number of urea groups is 1. The van der Waals surface area contributed by atoms with Crippen LogP contribution in [0.15, 0.2) is 79.1 Å². The SMILES string of the molecule is O=C(Nc1ccc(-n2cccc2)cc1)N1CCN(c2ccccc2)CC1. The predicted molar refractivity (Wildman–Crippen MR) is 105 cm³/mol. The highest BCUT2D eigenvalue weighted by Gasteiger charge is 2.21. The average molecular weight is 346 g/mol. The van der Waals surface area contributed by atoms with Crippen molar-refractivity contribution in [1.29, 1.82) is 0 Å². The first-order valence-corrected chi connectivity index (χ1v) is 8.89. The number of piperazine rings is 1. The molecule has 0 atom stereocenters. The van der Waals surface area contributed by atoms with Crippen molar-refractivity contribution < 1.29 is 4.79 Å². The number of hydrogen-bond acceptors (Lipinski definition) is 2. The normalized spacial score (nSPS) is 14.3. The summed E-state index contributed by atoms with van der Waals surface area (Å²) >= 11 is 0. The first-order chi connectivity index (χ1) is 12.8. The van der Waals surface area contributed by atoms with E-state index in [1.165, 1.54) is 5.69 Å². The van der Waals surface area contributed by atoms with Gasteiger partial charge in [-0.3, -0.25) is 0 Å². The molecule has 1 saturated heterocycles. The first kappa shape index (κ1) is 16.3. The van der Waals surface area contributed by atoms with E-state index in [4.69, 9.17) is 0 Å². The van der Waals surface area contributed by atoms with Gasteiger partial charge < -0.3 is 19.7 Å². The number of nitrogens with zero attached hydrogens (tertiary/aromatic N) is 3. The largest absolute Gasteiger partial charge is 0.368 e. The summed E-state index contributed by atoms with van der Waals surface area (Å²) in [5.74, 6) is 0. The van der Waals surface area contributed by atoms with Crippen LogP contribution in [0.4, 0.5) is 16.2 Å². The highest BCUT2D eigenvalue weighted by molar-refractivity contribution is 5.89. The lowest BCUT2D eigenvalue weighted by atomic mass is 10.2. The van der Waals surface area contributed by atoms with E-state index in [9.17, 15) is 4.79 Å². The van der Waals surface area contributed by atoms with E-state index >= 15 is 0 Å². The number of nitrogens with one attached hydrogen (secondary N) is 1. The Labute approximate surface area is 153 Å². The van der Waals surface area contributed by atoms with E-state index in [1.54, 1.807) is 0 Å². The number of amides is 2. The maximum Gasteiger partial charge on any atom is 0.321 e. The summed E-state index contributed by atoms with van der Waals surface area (Å²) in [6.07, 6.45) is 4.00. The molecule has 5 nitrogen and oxygen atoms in total. The van der Waals surface area contributed by atoms with Crippen LogP contribution < -0.4 is 10.2 Å². The van der Waals surface area contributed by atoms with Crippen LogP contribution >= 0.6 is 0 Å². The molecule has 2 heterocycles. The second-order valence-electron chi connectivity index (χ2n) is 6.38. The zero-order valence-electron chi connectivity index (χ0n) is 14.6. The summed E-state index contributed by atoms with van der Waals surface area (Å²) in [5, 5.41) is 3.00. The van der Waals surface area contributed by atoms with Crippen LogP contribution in [-0.4, -0.2) is 41.7 Å². The van der Waals surface area contributed by atoms with Gasteiger partial charge in [0.05, 0.1) is 0 Å². The van der Waals surface area contributed by atoms with Crippen LogP contribution in [0.5, 0.6) is 0 Å². The molecule has 5 heteroatoms. The van der Waals surface area contributed by atoms with Gasteiger partial charge in [-0.15, -0.1) is 0 Å². The Balaban J connectivity index is 1.33. The molecule has 1 fully saturated rings. The highest BCUT2D eigenvalue weighted by atomic mass is 16.2. The summed E-state index contributed by atoms with van der Waals surface area (Å²) in [6, 6.07) is 22.2. The molecule has 0 bridgehead atoms. The van der Waals surface area contributed by atoms with Gasteiger partial charge in [-0.25, -0.2) is 4.79 Å². The summed E-state index contributed by atoms with van der Waals surface area (Å²) in [6.45, 7) is 3.15. The third-order valence-electron chi connectivity index (χ3n) is 4.71. The molecule has 1 aliphatic rings. The molecular formula is C21H22N4O. The Bertz CT molecular complexity index is 835. The number of hydrogen-bond donors (Lipinski definition) is 1. The monoisotopic (exact) mass is 346 g/mol. The molecule has 4 rings (SSSR count). The smallest absolute Gasteiger partial charge is 0.321 e. The molecule has 0 saturated carbocycles. The maximum absolute atomic E-state index is 12.5. The summed E-state index contributed by atoms with van der Waals surface area (Å²) in [5.41, 5.74) is 3.11. The van der Waals surface area contributed by atoms with Gasteiger partial charge in [0.2, 0.25) is 0 Å². The zero-order chi connectivity index (χ0) is 17.8. The van der Waals surface area contributed by atoms with Crippen molar-refractivity contribution in [3.8, 4) is 5.69 Å². The van der Waals surface area contributed by atoms with Crippen LogP contribution in [0, 0.1) is 0 Å². The van der Waals surface area contributed by atoms with Crippen molar-refractivity contribution in [2.45, 2.75) is 0 Å². The second kappa shape index (κ2) is 7.35. The number of carbonyl (C=O) groups is 1. The molecule has 0 radical (unpaired) electrons. The lowest BCUT2D eigenvalue weighted by Crippen LogP contribution is -2.50. The van der Waals surface area contributed by atoms with Crippen LogP contribution in [0.3, 0.4) is 0 Å². The van der Waals surface area contributed by atoms with Crippen molar-refractivity contribution in [2.24, 2.45) is 0 Å². The van der Waals surface area contributed by atoms with E-state index in [1.807, 2.05) is 76.5 Å². The molecule has 1 N–H and O–H groups in total. The van der Waals surface area contributed by atoms with Crippen molar-refractivity contribution in [3.63, 3.8) is 0 Å². The fourth-order valence-corrected chi connectivity index (χ4v) is 3.23. The molecule has 26 heavy (non-hydrogen) atoms. The number of para-hydroxylation sites is 1. The van der Waals surface area contributed by atoms with Gasteiger partial charge in [-0.1, -0.05) is 18.2 Å². The Morgan fingerprint density at radius 2 is 1.38 bits per heavy atom. The van der Waals surface area contributed by atoms with Gasteiger partial charge in [0.25, 0.3) is 0 Å². The molecule has 0 aliphatic carbocycles. The first-order valence-electron chi connectivity index (χ1n) is 8.89. The molecule has 3 aromatic rings. The number of rotatable bonds is 3. The maximum atomic E-state index is 12.5. The summed E-state index contributed by atoms with van der Waals surface area (Å²) in [7, 11) is 0. The van der Waals surface area contributed by atoms with Crippen molar-refractivity contribution in [2.75, 3.05) is 36.4 Å². The molecule has 2 aromatic carbocycles. The number of aromatic nitrogens is 1. The van der Waals surface area contributed by atoms with Crippen molar-refractivity contribution in [3.05, 3.63) is 79.1 Å². The van der Waals surface area contributed by atoms with E-state index < -0.39 is 0 Å². The minimum absolute atomic E-state index is 0.0357. The van der Waals surface area contributed by atoms with Crippen LogP contribution in [0.2, 0.25) is 0 Å². The Morgan fingerprint density at radius 1 is 0.731 bits per heavy atom. The molecular weight excluding hydrogens is 324 g/mol. The number of carbonyl (C=O) groups excluding carboxylic acids is 1. The molecule has 1 aliphatic heterocycles. The summed E-state index contributed by atoms with van der Waals surface area (Å²) < 4.78 is 2.04. The van der Waals surface area contributed by atoms with E-state index in [0.717, 1.165) is 37.6 Å². The van der Waals surface area contributed by atoms with E-state index in [2.05, 4.69) is 22.3 Å². The Hall–Kier alpha value is -3.21. The lowest BCUT2D eigenvalue weighted by molar-refractivity contribution is 0.208. The van der Waals surface area contributed by atoms with Crippen molar-refractivity contribution >= 4 is 17.4 Å². The Kier molecular flexibility index (Phi) is 4.60. The van der Waals surface area contributed by atoms with Gasteiger partial charge in [0.15, 0.2) is 0 Å². The Morgan fingerprint density at radius 3 is 2.04 bits per heavy atom. The van der Waals surface area contributed by atoms with Crippen molar-refractivity contribution in [1.82, 2.24) is 9.47 Å². The van der Waals surface area contributed by atoms with Crippen LogP contribution in [-0.2, 0) is 0 Å². The van der Waals surface area contributed by atoms with Gasteiger partial charge in [0, 0.05) is 55.6 Å². The molecule has 1 aromatic heterocycles. The van der Waals surface area contributed by atoms with Crippen LogP contribution in [0.25, 0.3) is 5.69 Å². The third kappa shape index (κ3) is 3.57. The van der Waals surface area contributed by atoms with E-state index in [-0.39, 0.29) is 6.03 Å². The molecule has 0 spiro atoms. The van der Waals surface area contributed by atoms with Gasteiger partial charge >= 0.3 is 6.03 Å². The van der Waals surface area contributed by atoms with Gasteiger partial charge in [-0.05, 0) is 48.5 Å². The van der Waals surface area contributed by atoms with E-state index in [0.29, 0.717) is 0 Å². The molecule has 2 amide bonds. The van der Waals surface area contributed by atoms with Gasteiger partial charge in [0.1, 0.15) is 0 Å². The number of benzene rings is 2.